The first kappa shape index (κ1) is 21.6. The highest BCUT2D eigenvalue weighted by molar-refractivity contribution is 5.92. The van der Waals surface area contributed by atoms with Crippen molar-refractivity contribution in [3.8, 4) is 5.75 Å². The lowest BCUT2D eigenvalue weighted by atomic mass is 10.2. The second-order valence-corrected chi connectivity index (χ2v) is 5.28. The number of ether oxygens (including phenoxy) is 2. The fourth-order valence-electron chi connectivity index (χ4n) is 2.15. The molecule has 3 rings (SSSR count). The molecule has 0 unspecified atom stereocenters. The number of halogens is 3. The van der Waals surface area contributed by atoms with Crippen molar-refractivity contribution < 1.29 is 37.3 Å². The number of hydrogen-bond donors (Lipinski definition) is 2. The Morgan fingerprint density at radius 1 is 1.31 bits per heavy atom. The van der Waals surface area contributed by atoms with E-state index in [0.29, 0.717) is 6.54 Å². The number of aromatic carboxylic acids is 1. The number of hydrogen-bond acceptors (Lipinski definition) is 7. The molecule has 0 bridgehead atoms. The minimum absolute atomic E-state index is 0.146. The van der Waals surface area contributed by atoms with Gasteiger partial charge in [0.05, 0.1) is 13.3 Å². The molecule has 0 radical (unpaired) electrons. The van der Waals surface area contributed by atoms with Crippen LogP contribution in [-0.2, 0) is 11.3 Å². The molecule has 2 aromatic heterocycles. The molecular weight excluding hydrogens is 397 g/mol. The van der Waals surface area contributed by atoms with E-state index in [1.165, 1.54) is 12.1 Å². The lowest BCUT2D eigenvalue weighted by Crippen LogP contribution is -2.13. The predicted octanol–water partition coefficient (Wildman–Crippen LogP) is 2.10. The van der Waals surface area contributed by atoms with Crippen molar-refractivity contribution in [2.75, 3.05) is 7.11 Å². The van der Waals surface area contributed by atoms with Crippen LogP contribution in [0.5, 0.6) is 5.75 Å². The van der Waals surface area contributed by atoms with Gasteiger partial charge in [-0.2, -0.15) is 13.9 Å². The number of esters is 1. The summed E-state index contributed by atoms with van der Waals surface area (Å²) in [5, 5.41) is 12.4. The molecular formula is C17H15F3N4O5. The number of carbonyl (C=O) groups is 2. The Balaban J connectivity index is 0.000000221. The molecule has 29 heavy (non-hydrogen) atoms. The fraction of sp³-hybridized carbons (Fsp3) is 0.176. The highest BCUT2D eigenvalue weighted by Crippen LogP contribution is 2.15. The van der Waals surface area contributed by atoms with Crippen LogP contribution in [0, 0.1) is 5.82 Å². The van der Waals surface area contributed by atoms with E-state index in [-0.39, 0.29) is 22.8 Å². The second kappa shape index (κ2) is 9.50. The molecule has 3 N–H and O–H groups in total. The number of nitrogens with two attached hydrogens (primary N) is 1. The number of rotatable bonds is 5. The maximum atomic E-state index is 13.2. The average Bonchev–Trinajstić information content (AvgIpc) is 3.07. The van der Waals surface area contributed by atoms with Gasteiger partial charge in [-0.05, 0) is 17.7 Å². The summed E-state index contributed by atoms with van der Waals surface area (Å²) in [4.78, 5) is 25.8. The third-order valence-corrected chi connectivity index (χ3v) is 3.40. The van der Waals surface area contributed by atoms with Crippen molar-refractivity contribution in [2.24, 2.45) is 5.73 Å². The summed E-state index contributed by atoms with van der Waals surface area (Å²) in [5.41, 5.74) is 5.07. The number of methoxy groups -OCH3 is 1. The Morgan fingerprint density at radius 2 is 2.03 bits per heavy atom. The zero-order chi connectivity index (χ0) is 21.6. The number of aromatic nitrogens is 3. The van der Waals surface area contributed by atoms with Crippen molar-refractivity contribution in [3.63, 3.8) is 0 Å². The van der Waals surface area contributed by atoms with Crippen molar-refractivity contribution in [1.82, 2.24) is 14.6 Å². The van der Waals surface area contributed by atoms with E-state index in [0.717, 1.165) is 29.5 Å². The fourth-order valence-corrected chi connectivity index (χ4v) is 2.15. The Bertz CT molecular complexity index is 1030. The summed E-state index contributed by atoms with van der Waals surface area (Å²) in [6, 6.07) is 7.29. The maximum absolute atomic E-state index is 13.2. The summed E-state index contributed by atoms with van der Waals surface area (Å²) >= 11 is 0. The molecule has 0 amide bonds. The maximum Gasteiger partial charge on any atom is 0.387 e. The van der Waals surface area contributed by atoms with Gasteiger partial charge in [0.25, 0.3) is 0 Å². The SMILES string of the molecule is COC(=O)c1cc(C(=O)O)n2ncc(F)c2n1.NCc1cccc(OC(F)F)c1. The van der Waals surface area contributed by atoms with Crippen LogP contribution in [0.15, 0.2) is 36.5 Å². The summed E-state index contributed by atoms with van der Waals surface area (Å²) in [6.07, 6.45) is 0.815. The number of carboxylic acids is 1. The average molecular weight is 412 g/mol. The molecule has 9 nitrogen and oxygen atoms in total. The van der Waals surface area contributed by atoms with Crippen molar-refractivity contribution in [1.29, 1.82) is 0 Å². The van der Waals surface area contributed by atoms with Gasteiger partial charge >= 0.3 is 18.6 Å². The van der Waals surface area contributed by atoms with E-state index in [9.17, 15) is 22.8 Å². The van der Waals surface area contributed by atoms with Crippen LogP contribution in [0.3, 0.4) is 0 Å². The van der Waals surface area contributed by atoms with E-state index >= 15 is 0 Å². The zero-order valence-electron chi connectivity index (χ0n) is 14.9. The van der Waals surface area contributed by atoms with Crippen molar-refractivity contribution in [3.05, 3.63) is 59.3 Å². The highest BCUT2D eigenvalue weighted by Gasteiger charge is 2.19. The third kappa shape index (κ3) is 5.42. The van der Waals surface area contributed by atoms with Gasteiger partial charge < -0.3 is 20.3 Å². The number of alkyl halides is 2. The smallest absolute Gasteiger partial charge is 0.387 e. The molecule has 1 aromatic carbocycles. The predicted molar refractivity (Wildman–Crippen MR) is 92.2 cm³/mol. The number of benzene rings is 1. The first-order chi connectivity index (χ1) is 13.8. The van der Waals surface area contributed by atoms with Gasteiger partial charge in [0, 0.05) is 12.6 Å². The molecule has 0 aliphatic carbocycles. The van der Waals surface area contributed by atoms with Gasteiger partial charge in [-0.15, -0.1) is 0 Å². The van der Waals surface area contributed by atoms with E-state index in [1.807, 2.05) is 0 Å². The van der Waals surface area contributed by atoms with Gasteiger partial charge in [0.1, 0.15) is 5.75 Å². The van der Waals surface area contributed by atoms with E-state index in [2.05, 4.69) is 19.6 Å². The number of carboxylic acid groups (broad SMARTS) is 1. The molecule has 0 aliphatic heterocycles. The molecule has 3 aromatic rings. The largest absolute Gasteiger partial charge is 0.477 e. The molecule has 0 fully saturated rings. The van der Waals surface area contributed by atoms with Crippen LogP contribution in [0.4, 0.5) is 13.2 Å². The third-order valence-electron chi connectivity index (χ3n) is 3.40. The van der Waals surface area contributed by atoms with Crippen LogP contribution < -0.4 is 10.5 Å². The van der Waals surface area contributed by atoms with Crippen LogP contribution in [-0.4, -0.2) is 45.4 Å². The lowest BCUT2D eigenvalue weighted by molar-refractivity contribution is -0.0498. The Morgan fingerprint density at radius 3 is 2.62 bits per heavy atom. The molecule has 0 saturated heterocycles. The Hall–Kier alpha value is -3.67. The van der Waals surface area contributed by atoms with E-state index in [4.69, 9.17) is 10.8 Å². The summed E-state index contributed by atoms with van der Waals surface area (Å²) in [7, 11) is 1.11. The van der Waals surface area contributed by atoms with Gasteiger partial charge in [-0.25, -0.2) is 23.5 Å². The number of nitrogens with zero attached hydrogens (tertiary/aromatic N) is 3. The highest BCUT2D eigenvalue weighted by atomic mass is 19.3. The van der Waals surface area contributed by atoms with Gasteiger partial charge in [0.15, 0.2) is 22.9 Å². The standard InChI is InChI=1S/C9H6FN3O4.C8H9F2NO/c1-17-9(16)5-2-6(8(14)15)13-7(12-5)4(10)3-11-13;9-8(10)12-7-3-1-2-6(4-7)5-11/h2-3H,1H3,(H,14,15);1-4,8H,5,11H2. The van der Waals surface area contributed by atoms with Crippen LogP contribution >= 0.6 is 0 Å². The molecule has 2 heterocycles. The van der Waals surface area contributed by atoms with Gasteiger partial charge in [0.2, 0.25) is 0 Å². The molecule has 0 spiro atoms. The summed E-state index contributed by atoms with van der Waals surface area (Å²) in [6.45, 7) is -2.46. The second-order valence-electron chi connectivity index (χ2n) is 5.28. The molecule has 154 valence electrons. The van der Waals surface area contributed by atoms with E-state index < -0.39 is 24.4 Å². The van der Waals surface area contributed by atoms with Crippen molar-refractivity contribution in [2.45, 2.75) is 13.2 Å². The topological polar surface area (TPSA) is 129 Å². The van der Waals surface area contributed by atoms with E-state index in [1.54, 1.807) is 12.1 Å². The van der Waals surface area contributed by atoms with Crippen LogP contribution in [0.2, 0.25) is 0 Å². The normalized spacial score (nSPS) is 10.4. The molecule has 0 saturated carbocycles. The first-order valence-electron chi connectivity index (χ1n) is 7.86. The van der Waals surface area contributed by atoms with Gasteiger partial charge in [-0.1, -0.05) is 12.1 Å². The quantitative estimate of drug-likeness (QED) is 0.610. The minimum Gasteiger partial charge on any atom is -0.477 e. The molecule has 0 atom stereocenters. The summed E-state index contributed by atoms with van der Waals surface area (Å²) < 4.78 is 46.0. The van der Waals surface area contributed by atoms with Gasteiger partial charge in [-0.3, -0.25) is 0 Å². The van der Waals surface area contributed by atoms with Crippen LogP contribution in [0.1, 0.15) is 26.5 Å². The number of fused-ring (bicyclic) bond motifs is 1. The molecule has 12 heteroatoms. The lowest BCUT2D eigenvalue weighted by Gasteiger charge is -2.04. The monoisotopic (exact) mass is 412 g/mol. The van der Waals surface area contributed by atoms with Crippen molar-refractivity contribution >= 4 is 17.6 Å². The first-order valence-corrected chi connectivity index (χ1v) is 7.86. The zero-order valence-corrected chi connectivity index (χ0v) is 14.9. The Kier molecular flexibility index (Phi) is 7.09. The molecule has 0 aliphatic rings. The minimum atomic E-state index is -2.78. The summed E-state index contributed by atoms with van der Waals surface area (Å²) in [5.74, 6) is -2.88. The number of carbonyl (C=O) groups excluding carboxylic acids is 1. The Labute approximate surface area is 161 Å². The van der Waals surface area contributed by atoms with Crippen LogP contribution in [0.25, 0.3) is 5.65 Å².